The van der Waals surface area contributed by atoms with Crippen LogP contribution in [0.15, 0.2) is 35.4 Å². The number of ether oxygens (including phenoxy) is 1. The number of anilines is 1. The van der Waals surface area contributed by atoms with Gasteiger partial charge in [-0.3, -0.25) is 9.36 Å². The number of carbonyl (C=O) groups is 1. The van der Waals surface area contributed by atoms with E-state index in [4.69, 9.17) is 4.74 Å². The Balaban J connectivity index is 1.95. The number of aromatic nitrogens is 3. The average molecular weight is 429 g/mol. The van der Waals surface area contributed by atoms with E-state index in [0.29, 0.717) is 13.1 Å². The summed E-state index contributed by atoms with van der Waals surface area (Å²) in [4.78, 5) is 37.7. The molecule has 0 spiro atoms. The lowest BCUT2D eigenvalue weighted by Gasteiger charge is -2.33. The number of pyridine rings is 3. The van der Waals surface area contributed by atoms with Crippen molar-refractivity contribution in [1.29, 1.82) is 0 Å². The number of piperazine rings is 1. The van der Waals surface area contributed by atoms with Crippen LogP contribution in [-0.4, -0.2) is 65.2 Å². The Morgan fingerprint density at radius 1 is 1.19 bits per heavy atom. The third-order valence-electron chi connectivity index (χ3n) is 5.17. The van der Waals surface area contributed by atoms with Gasteiger partial charge in [0.25, 0.3) is 0 Å². The molecule has 31 heavy (non-hydrogen) atoms. The molecule has 3 aromatic heterocycles. The first-order valence-electron chi connectivity index (χ1n) is 9.87. The highest BCUT2D eigenvalue weighted by molar-refractivity contribution is 5.93. The van der Waals surface area contributed by atoms with Gasteiger partial charge in [0.2, 0.25) is 5.43 Å². The van der Waals surface area contributed by atoms with E-state index in [0.717, 1.165) is 25.4 Å². The molecule has 10 heteroatoms. The summed E-state index contributed by atoms with van der Waals surface area (Å²) in [7, 11) is 1.98. The topological polar surface area (TPSA) is 80.6 Å². The Morgan fingerprint density at radius 2 is 1.94 bits per heavy atom. The number of carbonyl (C=O) groups excluding carboxylic acids is 1. The second-order valence-corrected chi connectivity index (χ2v) is 7.25. The van der Waals surface area contributed by atoms with Crippen LogP contribution in [0.25, 0.3) is 16.9 Å². The van der Waals surface area contributed by atoms with Gasteiger partial charge in [-0.05, 0) is 32.2 Å². The minimum absolute atomic E-state index is 0.0695. The largest absolute Gasteiger partial charge is 0.462 e. The first-order chi connectivity index (χ1) is 14.9. The van der Waals surface area contributed by atoms with E-state index in [9.17, 15) is 14.0 Å². The van der Waals surface area contributed by atoms with Gasteiger partial charge in [-0.1, -0.05) is 0 Å². The summed E-state index contributed by atoms with van der Waals surface area (Å²) in [6, 6.07) is 3.66. The quantitative estimate of drug-likeness (QED) is 0.587. The summed E-state index contributed by atoms with van der Waals surface area (Å²) in [6.45, 7) is 4.32. The number of esters is 1. The minimum atomic E-state index is -0.839. The molecule has 0 saturated carbocycles. The summed E-state index contributed by atoms with van der Waals surface area (Å²) in [6.07, 6.45) is 2.26. The van der Waals surface area contributed by atoms with Crippen LogP contribution in [0.1, 0.15) is 17.3 Å². The Kier molecular flexibility index (Phi) is 5.64. The Morgan fingerprint density at radius 3 is 2.58 bits per heavy atom. The lowest BCUT2D eigenvalue weighted by Crippen LogP contribution is -2.45. The molecular formula is C21H21F2N5O3. The van der Waals surface area contributed by atoms with Crippen molar-refractivity contribution in [1.82, 2.24) is 19.4 Å². The van der Waals surface area contributed by atoms with Crippen molar-refractivity contribution in [3.8, 4) is 5.82 Å². The molecule has 4 rings (SSSR count). The molecule has 0 bridgehead atoms. The molecule has 0 unspecified atom stereocenters. The number of likely N-dealkylation sites (N-methyl/N-ethyl adjacent to an activating group) is 1. The van der Waals surface area contributed by atoms with Gasteiger partial charge in [0.15, 0.2) is 17.3 Å². The smallest absolute Gasteiger partial charge is 0.343 e. The fourth-order valence-corrected chi connectivity index (χ4v) is 3.49. The molecule has 1 aliphatic heterocycles. The Hall–Kier alpha value is -3.40. The molecule has 1 fully saturated rings. The molecule has 0 aliphatic carbocycles. The SMILES string of the molecule is CCOC(=O)c1cn(-c2ccc(F)cn2)c2nc(N3CCN(C)CC3)c(F)cc2c1=O. The molecule has 0 N–H and O–H groups in total. The number of hydrogen-bond acceptors (Lipinski definition) is 7. The second kappa shape index (κ2) is 8.38. The highest BCUT2D eigenvalue weighted by Crippen LogP contribution is 2.24. The molecule has 1 aliphatic rings. The van der Waals surface area contributed by atoms with E-state index in [-0.39, 0.29) is 34.8 Å². The van der Waals surface area contributed by atoms with E-state index in [1.165, 1.54) is 22.9 Å². The molecule has 0 amide bonds. The maximum atomic E-state index is 15.0. The maximum Gasteiger partial charge on any atom is 0.343 e. The van der Waals surface area contributed by atoms with Crippen molar-refractivity contribution in [2.24, 2.45) is 0 Å². The van der Waals surface area contributed by atoms with Crippen LogP contribution >= 0.6 is 0 Å². The van der Waals surface area contributed by atoms with E-state index in [1.807, 2.05) is 7.05 Å². The molecule has 0 atom stereocenters. The van der Waals surface area contributed by atoms with Crippen LogP contribution in [0.3, 0.4) is 0 Å². The van der Waals surface area contributed by atoms with Crippen LogP contribution in [0.2, 0.25) is 0 Å². The third kappa shape index (κ3) is 3.98. The molecule has 4 heterocycles. The first-order valence-corrected chi connectivity index (χ1v) is 9.87. The first kappa shape index (κ1) is 20.9. The fourth-order valence-electron chi connectivity index (χ4n) is 3.49. The number of halogens is 2. The number of fused-ring (bicyclic) bond motifs is 1. The number of rotatable bonds is 4. The summed E-state index contributed by atoms with van der Waals surface area (Å²) in [5.41, 5.74) is -0.857. The molecule has 8 nitrogen and oxygen atoms in total. The summed E-state index contributed by atoms with van der Waals surface area (Å²) >= 11 is 0. The molecule has 0 aromatic carbocycles. The third-order valence-corrected chi connectivity index (χ3v) is 5.17. The fraction of sp³-hybridized carbons (Fsp3) is 0.333. The van der Waals surface area contributed by atoms with Crippen LogP contribution in [0.5, 0.6) is 0 Å². The van der Waals surface area contributed by atoms with Gasteiger partial charge < -0.3 is 14.5 Å². The monoisotopic (exact) mass is 429 g/mol. The van der Waals surface area contributed by atoms with Crippen LogP contribution < -0.4 is 10.3 Å². The van der Waals surface area contributed by atoms with Crippen molar-refractivity contribution in [3.05, 3.63) is 58.0 Å². The molecular weight excluding hydrogens is 408 g/mol. The average Bonchev–Trinajstić information content (AvgIpc) is 2.76. The highest BCUT2D eigenvalue weighted by Gasteiger charge is 2.24. The van der Waals surface area contributed by atoms with Gasteiger partial charge in [0.05, 0.1) is 18.2 Å². The lowest BCUT2D eigenvalue weighted by atomic mass is 10.1. The van der Waals surface area contributed by atoms with E-state index >= 15 is 4.39 Å². The predicted octanol–water partition coefficient (Wildman–Crippen LogP) is 1.99. The van der Waals surface area contributed by atoms with Crippen LogP contribution in [0, 0.1) is 11.6 Å². The van der Waals surface area contributed by atoms with E-state index < -0.39 is 23.0 Å². The normalized spacial score (nSPS) is 14.8. The predicted molar refractivity (Wildman–Crippen MR) is 111 cm³/mol. The van der Waals surface area contributed by atoms with Gasteiger partial charge in [-0.25, -0.2) is 23.5 Å². The van der Waals surface area contributed by atoms with Crippen molar-refractivity contribution in [3.63, 3.8) is 0 Å². The zero-order valence-electron chi connectivity index (χ0n) is 17.1. The summed E-state index contributed by atoms with van der Waals surface area (Å²) in [5, 5.41) is -0.0907. The molecule has 0 radical (unpaired) electrons. The van der Waals surface area contributed by atoms with E-state index in [1.54, 1.807) is 11.8 Å². The van der Waals surface area contributed by atoms with Crippen molar-refractivity contribution in [2.45, 2.75) is 6.92 Å². The molecule has 3 aromatic rings. The van der Waals surface area contributed by atoms with Gasteiger partial charge in [-0.2, -0.15) is 0 Å². The zero-order valence-corrected chi connectivity index (χ0v) is 17.1. The summed E-state index contributed by atoms with van der Waals surface area (Å²) < 4.78 is 34.8. The number of hydrogen-bond donors (Lipinski definition) is 0. The van der Waals surface area contributed by atoms with Gasteiger partial charge in [-0.15, -0.1) is 0 Å². The summed E-state index contributed by atoms with van der Waals surface area (Å²) in [5.74, 6) is -1.71. The lowest BCUT2D eigenvalue weighted by molar-refractivity contribution is 0.0524. The van der Waals surface area contributed by atoms with Crippen molar-refractivity contribution >= 4 is 22.8 Å². The maximum absolute atomic E-state index is 15.0. The van der Waals surface area contributed by atoms with Crippen LogP contribution in [-0.2, 0) is 4.74 Å². The number of nitrogens with zero attached hydrogens (tertiary/aromatic N) is 5. The zero-order chi connectivity index (χ0) is 22.1. The Labute approximate surface area is 176 Å². The standard InChI is InChI=1S/C21H21F2N5O3/c1-3-31-21(30)15-12-28(17-5-4-13(22)11-24-17)19-14(18(15)29)10-16(23)20(25-19)27-8-6-26(2)7-9-27/h4-5,10-12H,3,6-9H2,1-2H3. The minimum Gasteiger partial charge on any atom is -0.462 e. The van der Waals surface area contributed by atoms with E-state index in [2.05, 4.69) is 14.9 Å². The van der Waals surface area contributed by atoms with Gasteiger partial charge in [0.1, 0.15) is 17.2 Å². The van der Waals surface area contributed by atoms with Crippen molar-refractivity contribution in [2.75, 3.05) is 44.7 Å². The highest BCUT2D eigenvalue weighted by atomic mass is 19.1. The van der Waals surface area contributed by atoms with Gasteiger partial charge >= 0.3 is 5.97 Å². The molecule has 1 saturated heterocycles. The second-order valence-electron chi connectivity index (χ2n) is 7.25. The van der Waals surface area contributed by atoms with Crippen molar-refractivity contribution < 1.29 is 18.3 Å². The van der Waals surface area contributed by atoms with Gasteiger partial charge in [0, 0.05) is 32.4 Å². The van der Waals surface area contributed by atoms with Crippen LogP contribution in [0.4, 0.5) is 14.6 Å². The Bertz CT molecular complexity index is 1190. The molecule has 162 valence electrons.